The Morgan fingerprint density at radius 3 is 2.86 bits per heavy atom. The molecule has 0 saturated heterocycles. The summed E-state index contributed by atoms with van der Waals surface area (Å²) in [7, 11) is 0. The zero-order valence-electron chi connectivity index (χ0n) is 8.21. The van der Waals surface area contributed by atoms with E-state index in [1.165, 1.54) is 4.68 Å². The van der Waals surface area contributed by atoms with E-state index in [-0.39, 0.29) is 6.42 Å². The van der Waals surface area contributed by atoms with Crippen molar-refractivity contribution in [2.24, 2.45) is 0 Å². The van der Waals surface area contributed by atoms with Crippen molar-refractivity contribution in [3.05, 3.63) is 18.0 Å². The summed E-state index contributed by atoms with van der Waals surface area (Å²) in [6.07, 6.45) is 5.36. The Morgan fingerprint density at radius 2 is 2.29 bits per heavy atom. The normalized spacial score (nSPS) is 26.4. The van der Waals surface area contributed by atoms with Gasteiger partial charge in [-0.15, -0.1) is 0 Å². The molecule has 1 saturated carbocycles. The van der Waals surface area contributed by atoms with Gasteiger partial charge in [0.15, 0.2) is 0 Å². The maximum atomic E-state index is 13.5. The average Bonchev–Trinajstić information content (AvgIpc) is 2.51. The number of hydrogen-bond acceptors (Lipinski definition) is 1. The van der Waals surface area contributed by atoms with Crippen molar-refractivity contribution in [2.75, 3.05) is 0 Å². The number of aryl methyl sites for hydroxylation is 1. The Labute approximate surface area is 81.9 Å². The van der Waals surface area contributed by atoms with Crippen molar-refractivity contribution in [3.8, 4) is 0 Å². The van der Waals surface area contributed by atoms with Crippen LogP contribution in [0.2, 0.25) is 0 Å². The quantitative estimate of drug-likeness (QED) is 0.681. The van der Waals surface area contributed by atoms with E-state index in [9.17, 15) is 8.78 Å². The van der Waals surface area contributed by atoms with Gasteiger partial charge in [0.25, 0.3) is 5.92 Å². The van der Waals surface area contributed by atoms with Crippen molar-refractivity contribution in [3.63, 3.8) is 0 Å². The van der Waals surface area contributed by atoms with E-state index in [0.717, 1.165) is 12.0 Å². The molecule has 1 aliphatic rings. The van der Waals surface area contributed by atoms with Crippen LogP contribution in [0, 0.1) is 6.92 Å². The molecule has 1 aliphatic carbocycles. The van der Waals surface area contributed by atoms with Crippen LogP contribution < -0.4 is 0 Å². The van der Waals surface area contributed by atoms with Crippen molar-refractivity contribution < 1.29 is 8.78 Å². The van der Waals surface area contributed by atoms with E-state index in [4.69, 9.17) is 0 Å². The molecule has 0 aromatic carbocycles. The largest absolute Gasteiger partial charge is 0.270 e. The second-order valence-corrected chi connectivity index (χ2v) is 4.02. The highest BCUT2D eigenvalue weighted by molar-refractivity contribution is 5.02. The summed E-state index contributed by atoms with van der Waals surface area (Å²) in [4.78, 5) is 0. The van der Waals surface area contributed by atoms with Gasteiger partial charge in [-0.25, -0.2) is 8.78 Å². The fourth-order valence-corrected chi connectivity index (χ4v) is 2.01. The summed E-state index contributed by atoms with van der Waals surface area (Å²) >= 11 is 0. The van der Waals surface area contributed by atoms with Crippen molar-refractivity contribution in [1.29, 1.82) is 0 Å². The third-order valence-corrected chi connectivity index (χ3v) is 2.78. The van der Waals surface area contributed by atoms with Gasteiger partial charge in [0.05, 0.1) is 6.20 Å². The number of halogens is 2. The predicted molar refractivity (Wildman–Crippen MR) is 49.4 cm³/mol. The lowest BCUT2D eigenvalue weighted by Crippen LogP contribution is -2.34. The number of rotatable bonds is 1. The number of hydrogen-bond donors (Lipinski definition) is 0. The third kappa shape index (κ3) is 1.65. The van der Waals surface area contributed by atoms with Crippen LogP contribution in [0.15, 0.2) is 12.4 Å². The van der Waals surface area contributed by atoms with E-state index >= 15 is 0 Å². The van der Waals surface area contributed by atoms with Crippen LogP contribution in [0.25, 0.3) is 0 Å². The van der Waals surface area contributed by atoms with E-state index in [2.05, 4.69) is 5.10 Å². The Balaban J connectivity index is 2.23. The van der Waals surface area contributed by atoms with Crippen LogP contribution in [-0.2, 0) is 0 Å². The average molecular weight is 200 g/mol. The number of alkyl halides is 2. The monoisotopic (exact) mass is 200 g/mol. The van der Waals surface area contributed by atoms with E-state index in [1.54, 1.807) is 12.4 Å². The van der Waals surface area contributed by atoms with Crippen molar-refractivity contribution >= 4 is 0 Å². The summed E-state index contributed by atoms with van der Waals surface area (Å²) in [6, 6.07) is -0.732. The minimum atomic E-state index is -2.59. The standard InChI is InChI=1S/C10H14F2N2/c1-8-6-13-14(7-8)9-4-2-3-5-10(9,11)12/h6-7,9H,2-5H2,1H3. The molecule has 0 radical (unpaired) electrons. The van der Waals surface area contributed by atoms with E-state index in [0.29, 0.717) is 12.8 Å². The van der Waals surface area contributed by atoms with E-state index in [1.807, 2.05) is 6.92 Å². The molecule has 4 heteroatoms. The van der Waals surface area contributed by atoms with Gasteiger partial charge in [-0.3, -0.25) is 4.68 Å². The molecule has 14 heavy (non-hydrogen) atoms. The Morgan fingerprint density at radius 1 is 1.50 bits per heavy atom. The van der Waals surface area contributed by atoms with Crippen molar-refractivity contribution in [2.45, 2.75) is 44.6 Å². The molecule has 1 aromatic rings. The van der Waals surface area contributed by atoms with Gasteiger partial charge in [-0.05, 0) is 25.3 Å². The molecule has 0 spiro atoms. The smallest absolute Gasteiger partial charge is 0.263 e. The molecule has 1 heterocycles. The summed E-state index contributed by atoms with van der Waals surface area (Å²) in [5.41, 5.74) is 0.936. The summed E-state index contributed by atoms with van der Waals surface area (Å²) < 4.78 is 28.4. The fraction of sp³-hybridized carbons (Fsp3) is 0.700. The SMILES string of the molecule is Cc1cnn(C2CCCCC2(F)F)c1. The molecule has 1 fully saturated rings. The molecule has 78 valence electrons. The Kier molecular flexibility index (Phi) is 2.29. The van der Waals surface area contributed by atoms with Crippen LogP contribution in [0.5, 0.6) is 0 Å². The predicted octanol–water partition coefficient (Wildman–Crippen LogP) is 2.94. The maximum absolute atomic E-state index is 13.5. The lowest BCUT2D eigenvalue weighted by molar-refractivity contribution is -0.0818. The molecule has 2 rings (SSSR count). The second kappa shape index (κ2) is 3.33. The van der Waals surface area contributed by atoms with Gasteiger partial charge in [-0.1, -0.05) is 6.42 Å². The highest BCUT2D eigenvalue weighted by Crippen LogP contribution is 2.41. The van der Waals surface area contributed by atoms with Gasteiger partial charge in [-0.2, -0.15) is 5.10 Å². The zero-order valence-corrected chi connectivity index (χ0v) is 8.21. The van der Waals surface area contributed by atoms with Crippen LogP contribution in [0.4, 0.5) is 8.78 Å². The molecule has 2 nitrogen and oxygen atoms in total. The molecule has 0 bridgehead atoms. The second-order valence-electron chi connectivity index (χ2n) is 4.02. The number of nitrogens with zero attached hydrogens (tertiary/aromatic N) is 2. The highest BCUT2D eigenvalue weighted by atomic mass is 19.3. The Hall–Kier alpha value is -0.930. The van der Waals surface area contributed by atoms with E-state index < -0.39 is 12.0 Å². The lowest BCUT2D eigenvalue weighted by atomic mass is 9.92. The summed E-state index contributed by atoms with van der Waals surface area (Å²) in [5, 5.41) is 3.97. The zero-order chi connectivity index (χ0) is 10.2. The van der Waals surface area contributed by atoms with Gasteiger partial charge < -0.3 is 0 Å². The first-order chi connectivity index (χ1) is 6.59. The van der Waals surface area contributed by atoms with Crippen LogP contribution in [-0.4, -0.2) is 15.7 Å². The Bertz CT molecular complexity index is 320. The first-order valence-electron chi connectivity index (χ1n) is 4.98. The molecule has 0 N–H and O–H groups in total. The molecule has 0 amide bonds. The number of aromatic nitrogens is 2. The fourth-order valence-electron chi connectivity index (χ4n) is 2.01. The van der Waals surface area contributed by atoms with Gasteiger partial charge in [0, 0.05) is 12.6 Å². The van der Waals surface area contributed by atoms with Crippen molar-refractivity contribution in [1.82, 2.24) is 9.78 Å². The maximum Gasteiger partial charge on any atom is 0.270 e. The summed E-state index contributed by atoms with van der Waals surface area (Å²) in [6.45, 7) is 1.87. The third-order valence-electron chi connectivity index (χ3n) is 2.78. The van der Waals surface area contributed by atoms with Crippen LogP contribution in [0.3, 0.4) is 0 Å². The molecular weight excluding hydrogens is 186 g/mol. The molecular formula is C10H14F2N2. The minimum Gasteiger partial charge on any atom is -0.263 e. The lowest BCUT2D eigenvalue weighted by Gasteiger charge is -2.31. The first kappa shape index (κ1) is 9.62. The minimum absolute atomic E-state index is 0.00340. The highest BCUT2D eigenvalue weighted by Gasteiger charge is 2.42. The first-order valence-corrected chi connectivity index (χ1v) is 4.98. The molecule has 0 aliphatic heterocycles. The van der Waals surface area contributed by atoms with Crippen LogP contribution in [0.1, 0.15) is 37.3 Å². The van der Waals surface area contributed by atoms with Crippen LogP contribution >= 0.6 is 0 Å². The summed E-state index contributed by atoms with van der Waals surface area (Å²) in [5.74, 6) is -2.59. The molecule has 1 aromatic heterocycles. The molecule has 1 unspecified atom stereocenters. The van der Waals surface area contributed by atoms with Gasteiger partial charge in [0.1, 0.15) is 6.04 Å². The van der Waals surface area contributed by atoms with Gasteiger partial charge in [0.2, 0.25) is 0 Å². The molecule has 1 atom stereocenters. The van der Waals surface area contributed by atoms with Gasteiger partial charge >= 0.3 is 0 Å². The topological polar surface area (TPSA) is 17.8 Å².